The molecule has 0 aliphatic carbocycles. The molecule has 77 heavy (non-hydrogen) atoms. The van der Waals surface area contributed by atoms with Crippen LogP contribution in [0.25, 0.3) is 77.2 Å². The molecule has 0 saturated heterocycles. The first-order chi connectivity index (χ1) is 36.4. The zero-order chi connectivity index (χ0) is 54.9. The first-order valence-corrected chi connectivity index (χ1v) is 27.8. The van der Waals surface area contributed by atoms with E-state index in [0.29, 0.717) is 50.5 Å². The summed E-state index contributed by atoms with van der Waals surface area (Å²) < 4.78 is 19.0. The van der Waals surface area contributed by atoms with Crippen LogP contribution in [-0.2, 0) is 10.8 Å². The summed E-state index contributed by atoms with van der Waals surface area (Å²) in [6.45, 7) is 27.3. The molecule has 10 aromatic rings. The molecule has 0 atom stereocenters. The highest BCUT2D eigenvalue weighted by molar-refractivity contribution is 6.31. The first kappa shape index (κ1) is 53.5. The number of para-hydroxylation sites is 4. The number of fused-ring (bicyclic) bond motifs is 6. The van der Waals surface area contributed by atoms with E-state index in [2.05, 4.69) is 175 Å². The van der Waals surface area contributed by atoms with Crippen LogP contribution in [0.15, 0.2) is 146 Å². The Hall–Kier alpha value is -6.86. The van der Waals surface area contributed by atoms with Crippen molar-refractivity contribution >= 4 is 66.8 Å². The Labute approximate surface area is 464 Å². The van der Waals surface area contributed by atoms with E-state index < -0.39 is 10.8 Å². The van der Waals surface area contributed by atoms with Crippen LogP contribution in [0.5, 0.6) is 23.0 Å². The number of halogens is 2. The molecule has 0 aliphatic heterocycles. The van der Waals surface area contributed by atoms with Gasteiger partial charge in [-0.15, -0.1) is 0 Å². The minimum atomic E-state index is -0.431. The van der Waals surface area contributed by atoms with E-state index in [1.54, 1.807) is 0 Å². The van der Waals surface area contributed by atoms with Crippen LogP contribution in [0.1, 0.15) is 111 Å². The summed E-state index contributed by atoms with van der Waals surface area (Å²) in [4.78, 5) is 0. The lowest BCUT2D eigenvalue weighted by atomic mass is 9.71. The lowest BCUT2D eigenvalue weighted by Crippen LogP contribution is -2.27. The number of phenolic OH excluding ortho intramolecular Hbond substituents is 2. The lowest BCUT2D eigenvalue weighted by Gasteiger charge is -2.36. The number of nitrogens with zero attached hydrogens (tertiary/aromatic N) is 2. The standard InChI is InChI=1S/C69H72Cl2N2O4/c1-42-32-44(36-46(70)34-42)52-38-54(68(9,10)40-66(3,4)5)64(60(62(52)74)72-56-26-17-13-22-48(56)49-23-14-18-27-57(49)72)76-30-21-31-77-65-55(69(11,12)41-67(6,7)8)39-53(45-33-43(2)35-47(71)37-45)63(75)61(65)73-58-28-19-15-24-50(58)51-25-16-20-29-59(51)73/h13-20,22-29,32-39,74-75H,21,30-31,40-41H2,1-12H3. The van der Waals surface area contributed by atoms with Crippen molar-refractivity contribution < 1.29 is 19.7 Å². The van der Waals surface area contributed by atoms with E-state index in [9.17, 15) is 10.2 Å². The molecule has 396 valence electrons. The molecule has 0 aliphatic rings. The molecule has 2 aromatic heterocycles. The molecule has 10 rings (SSSR count). The van der Waals surface area contributed by atoms with E-state index in [0.717, 1.165) is 89.8 Å². The Balaban J connectivity index is 1.15. The molecule has 2 heterocycles. The number of aromatic hydroxyl groups is 2. The zero-order valence-corrected chi connectivity index (χ0v) is 48.3. The topological polar surface area (TPSA) is 68.8 Å². The van der Waals surface area contributed by atoms with Crippen molar-refractivity contribution in [2.24, 2.45) is 10.8 Å². The maximum atomic E-state index is 13.1. The normalized spacial score (nSPS) is 12.6. The van der Waals surface area contributed by atoms with Crippen molar-refractivity contribution in [3.63, 3.8) is 0 Å². The number of ether oxygens (including phenoxy) is 2. The average Bonchev–Trinajstić information content (AvgIpc) is 4.02. The van der Waals surface area contributed by atoms with Crippen LogP contribution in [0.2, 0.25) is 10.0 Å². The summed E-state index contributed by atoms with van der Waals surface area (Å²) in [7, 11) is 0. The molecule has 0 bridgehead atoms. The third-order valence-corrected chi connectivity index (χ3v) is 15.4. The van der Waals surface area contributed by atoms with Gasteiger partial charge >= 0.3 is 0 Å². The van der Waals surface area contributed by atoms with E-state index in [1.165, 1.54) is 0 Å². The zero-order valence-electron chi connectivity index (χ0n) is 46.8. The molecule has 0 unspecified atom stereocenters. The highest BCUT2D eigenvalue weighted by Gasteiger charge is 2.37. The monoisotopic (exact) mass is 1060 g/mol. The van der Waals surface area contributed by atoms with Gasteiger partial charge in [0.15, 0.2) is 23.0 Å². The number of hydrogen-bond donors (Lipinski definition) is 2. The average molecular weight is 1060 g/mol. The van der Waals surface area contributed by atoms with E-state index in [1.807, 2.05) is 62.4 Å². The molecule has 0 radical (unpaired) electrons. The lowest BCUT2D eigenvalue weighted by molar-refractivity contribution is 0.229. The maximum Gasteiger partial charge on any atom is 0.151 e. The molecule has 8 aromatic carbocycles. The van der Waals surface area contributed by atoms with Crippen LogP contribution in [0.4, 0.5) is 0 Å². The highest BCUT2D eigenvalue weighted by Crippen LogP contribution is 2.54. The van der Waals surface area contributed by atoms with Gasteiger partial charge in [-0.1, -0.05) is 177 Å². The summed E-state index contributed by atoms with van der Waals surface area (Å²) >= 11 is 13.6. The summed E-state index contributed by atoms with van der Waals surface area (Å²) in [5, 5.41) is 31.7. The van der Waals surface area contributed by atoms with E-state index >= 15 is 0 Å². The fraction of sp³-hybridized carbons (Fsp3) is 0.304. The van der Waals surface area contributed by atoms with Crippen LogP contribution in [0, 0.1) is 24.7 Å². The molecule has 0 spiro atoms. The van der Waals surface area contributed by atoms with E-state index in [-0.39, 0.29) is 35.5 Å². The highest BCUT2D eigenvalue weighted by atomic mass is 35.5. The second-order valence-electron chi connectivity index (χ2n) is 25.1. The van der Waals surface area contributed by atoms with Gasteiger partial charge in [-0.05, 0) is 131 Å². The Morgan fingerprint density at radius 2 is 0.740 bits per heavy atom. The Morgan fingerprint density at radius 1 is 0.429 bits per heavy atom. The van der Waals surface area contributed by atoms with Crippen molar-refractivity contribution in [2.75, 3.05) is 13.2 Å². The van der Waals surface area contributed by atoms with Gasteiger partial charge in [-0.2, -0.15) is 0 Å². The maximum absolute atomic E-state index is 13.1. The van der Waals surface area contributed by atoms with Gasteiger partial charge in [0, 0.05) is 60.3 Å². The number of hydrogen-bond acceptors (Lipinski definition) is 4. The molecule has 2 N–H and O–H groups in total. The van der Waals surface area contributed by atoms with Gasteiger partial charge in [0.1, 0.15) is 11.4 Å². The van der Waals surface area contributed by atoms with E-state index in [4.69, 9.17) is 32.7 Å². The van der Waals surface area contributed by atoms with Crippen LogP contribution in [-0.4, -0.2) is 32.6 Å². The number of rotatable bonds is 14. The van der Waals surface area contributed by atoms with Gasteiger partial charge in [-0.3, -0.25) is 0 Å². The van der Waals surface area contributed by atoms with Crippen molar-refractivity contribution in [3.05, 3.63) is 178 Å². The van der Waals surface area contributed by atoms with Gasteiger partial charge < -0.3 is 28.8 Å². The first-order valence-electron chi connectivity index (χ1n) is 27.0. The summed E-state index contributed by atoms with van der Waals surface area (Å²) in [6, 6.07) is 49.6. The number of phenols is 2. The van der Waals surface area contributed by atoms with Crippen molar-refractivity contribution in [3.8, 4) is 56.6 Å². The fourth-order valence-corrected chi connectivity index (χ4v) is 13.4. The predicted octanol–water partition coefficient (Wildman–Crippen LogP) is 19.8. The molecular weight excluding hydrogens is 992 g/mol. The van der Waals surface area contributed by atoms with Crippen molar-refractivity contribution in [1.82, 2.24) is 9.13 Å². The molecule has 0 saturated carbocycles. The largest absolute Gasteiger partial charge is 0.505 e. The minimum Gasteiger partial charge on any atom is -0.505 e. The van der Waals surface area contributed by atoms with Gasteiger partial charge in [-0.25, -0.2) is 0 Å². The molecule has 8 heteroatoms. The SMILES string of the molecule is Cc1cc(Cl)cc(-c2cc(C(C)(C)CC(C)(C)C)c(OCCCOc3c(C(C)(C)CC(C)(C)C)cc(-c4cc(C)cc(Cl)c4)c(O)c3-n3c4ccccc4c4ccccc43)c(-n3c4ccccc4c4ccccc43)c2O)c1. The molecular formula is C69H72Cl2N2O4. The quantitative estimate of drug-likeness (QED) is 0.107. The van der Waals surface area contributed by atoms with Crippen molar-refractivity contribution in [1.29, 1.82) is 0 Å². The van der Waals surface area contributed by atoms with Crippen LogP contribution in [0.3, 0.4) is 0 Å². The fourth-order valence-electron chi connectivity index (χ4n) is 12.8. The third-order valence-electron chi connectivity index (χ3n) is 15.0. The Kier molecular flexibility index (Phi) is 14.0. The Bertz CT molecular complexity index is 3500. The van der Waals surface area contributed by atoms with Gasteiger partial charge in [0.05, 0.1) is 35.3 Å². The molecule has 0 fully saturated rings. The van der Waals surface area contributed by atoms with Gasteiger partial charge in [0.2, 0.25) is 0 Å². The summed E-state index contributed by atoms with van der Waals surface area (Å²) in [5.74, 6) is 1.43. The van der Waals surface area contributed by atoms with Gasteiger partial charge in [0.25, 0.3) is 0 Å². The number of aryl methyl sites for hydroxylation is 2. The van der Waals surface area contributed by atoms with Crippen molar-refractivity contribution in [2.45, 2.75) is 113 Å². The molecule has 6 nitrogen and oxygen atoms in total. The number of aromatic nitrogens is 2. The second kappa shape index (κ2) is 20.2. The summed E-state index contributed by atoms with van der Waals surface area (Å²) in [5.41, 5.74) is 11.0. The number of benzene rings is 8. The van der Waals surface area contributed by atoms with Crippen LogP contribution >= 0.6 is 23.2 Å². The second-order valence-corrected chi connectivity index (χ2v) is 25.9. The third kappa shape index (κ3) is 10.4. The Morgan fingerprint density at radius 3 is 1.04 bits per heavy atom. The smallest absolute Gasteiger partial charge is 0.151 e. The summed E-state index contributed by atoms with van der Waals surface area (Å²) in [6.07, 6.45) is 2.14. The molecule has 0 amide bonds. The van der Waals surface area contributed by atoms with Crippen LogP contribution < -0.4 is 9.47 Å². The predicted molar refractivity (Wildman–Crippen MR) is 325 cm³/mol. The minimum absolute atomic E-state index is 0.0500.